The molecule has 3 aromatic carbocycles. The SMILES string of the molecule is O=C(Cn1cc(/C=C2/C(=O)N(c3ccccc3)c3ccccc32)c2cc(Br)ccc21)N1CCCC1. The Kier molecular flexibility index (Phi) is 5.53. The number of carbonyl (C=O) groups is 2. The number of rotatable bonds is 4. The number of anilines is 2. The Morgan fingerprint density at radius 1 is 0.943 bits per heavy atom. The van der Waals surface area contributed by atoms with Gasteiger partial charge in [0.1, 0.15) is 6.54 Å². The van der Waals surface area contributed by atoms with Crippen LogP contribution in [-0.4, -0.2) is 34.4 Å². The van der Waals surface area contributed by atoms with E-state index in [9.17, 15) is 9.59 Å². The highest BCUT2D eigenvalue weighted by Gasteiger charge is 2.33. The number of para-hydroxylation sites is 2. The van der Waals surface area contributed by atoms with Gasteiger partial charge in [-0.1, -0.05) is 52.3 Å². The van der Waals surface area contributed by atoms with Gasteiger partial charge >= 0.3 is 0 Å². The molecule has 1 saturated heterocycles. The van der Waals surface area contributed by atoms with Gasteiger partial charge in [0.2, 0.25) is 5.91 Å². The maximum absolute atomic E-state index is 13.7. The van der Waals surface area contributed by atoms with Crippen molar-refractivity contribution < 1.29 is 9.59 Å². The summed E-state index contributed by atoms with van der Waals surface area (Å²) in [4.78, 5) is 30.3. The molecule has 1 aromatic heterocycles. The molecule has 35 heavy (non-hydrogen) atoms. The average molecular weight is 526 g/mol. The minimum atomic E-state index is -0.0542. The molecule has 0 bridgehead atoms. The number of fused-ring (bicyclic) bond motifs is 2. The third-order valence-corrected chi connectivity index (χ3v) is 7.31. The van der Waals surface area contributed by atoms with Crippen LogP contribution < -0.4 is 4.90 Å². The van der Waals surface area contributed by atoms with Gasteiger partial charge in [-0.2, -0.15) is 0 Å². The van der Waals surface area contributed by atoms with E-state index in [0.717, 1.165) is 63.8 Å². The maximum Gasteiger partial charge on any atom is 0.263 e. The van der Waals surface area contributed by atoms with Crippen molar-refractivity contribution in [3.05, 3.63) is 94.6 Å². The number of likely N-dealkylation sites (tertiary alicyclic amines) is 1. The van der Waals surface area contributed by atoms with Gasteiger partial charge in [0.15, 0.2) is 0 Å². The second-order valence-electron chi connectivity index (χ2n) is 9.01. The van der Waals surface area contributed by atoms with Crippen LogP contribution in [0.1, 0.15) is 24.0 Å². The first-order valence-corrected chi connectivity index (χ1v) is 12.7. The zero-order chi connectivity index (χ0) is 23.9. The van der Waals surface area contributed by atoms with Crippen molar-refractivity contribution >= 4 is 61.7 Å². The summed E-state index contributed by atoms with van der Waals surface area (Å²) in [5.41, 5.74) is 5.17. The molecule has 0 aliphatic carbocycles. The van der Waals surface area contributed by atoms with E-state index in [4.69, 9.17) is 0 Å². The molecule has 1 fully saturated rings. The van der Waals surface area contributed by atoms with E-state index in [1.807, 2.05) is 88.5 Å². The Hall–Kier alpha value is -3.64. The first-order valence-electron chi connectivity index (χ1n) is 11.9. The highest BCUT2D eigenvalue weighted by Crippen LogP contribution is 2.42. The first kappa shape index (κ1) is 21.9. The van der Waals surface area contributed by atoms with E-state index in [-0.39, 0.29) is 11.8 Å². The summed E-state index contributed by atoms with van der Waals surface area (Å²) >= 11 is 3.59. The topological polar surface area (TPSA) is 45.6 Å². The summed E-state index contributed by atoms with van der Waals surface area (Å²) in [5.74, 6) is 0.0838. The second-order valence-corrected chi connectivity index (χ2v) is 9.93. The van der Waals surface area contributed by atoms with Crippen LogP contribution in [-0.2, 0) is 16.1 Å². The Balaban J connectivity index is 1.45. The Labute approximate surface area is 212 Å². The van der Waals surface area contributed by atoms with Gasteiger partial charge in [-0.3, -0.25) is 14.5 Å². The molecule has 0 atom stereocenters. The van der Waals surface area contributed by atoms with E-state index in [0.29, 0.717) is 12.1 Å². The predicted molar refractivity (Wildman–Crippen MR) is 143 cm³/mol. The van der Waals surface area contributed by atoms with Crippen LogP contribution in [0.15, 0.2) is 83.5 Å². The molecule has 0 N–H and O–H groups in total. The number of aromatic nitrogens is 1. The molecule has 4 aromatic rings. The van der Waals surface area contributed by atoms with E-state index in [2.05, 4.69) is 22.0 Å². The molecule has 2 aliphatic rings. The molecule has 6 rings (SSSR count). The fourth-order valence-electron chi connectivity index (χ4n) is 5.12. The molecule has 2 aliphatic heterocycles. The number of halogens is 1. The minimum Gasteiger partial charge on any atom is -0.341 e. The molecule has 0 radical (unpaired) electrons. The zero-order valence-electron chi connectivity index (χ0n) is 19.2. The lowest BCUT2D eigenvalue weighted by molar-refractivity contribution is -0.130. The average Bonchev–Trinajstić information content (AvgIpc) is 3.58. The van der Waals surface area contributed by atoms with Gasteiger partial charge in [0, 0.05) is 51.5 Å². The fraction of sp³-hybridized carbons (Fsp3) is 0.172. The Morgan fingerprint density at radius 2 is 1.69 bits per heavy atom. The number of hydrogen-bond acceptors (Lipinski definition) is 2. The van der Waals surface area contributed by atoms with E-state index in [1.54, 1.807) is 4.90 Å². The van der Waals surface area contributed by atoms with Crippen LogP contribution in [0.5, 0.6) is 0 Å². The summed E-state index contributed by atoms with van der Waals surface area (Å²) in [6.07, 6.45) is 6.11. The molecule has 174 valence electrons. The van der Waals surface area contributed by atoms with Crippen molar-refractivity contribution in [1.29, 1.82) is 0 Å². The van der Waals surface area contributed by atoms with Crippen LogP contribution in [0, 0.1) is 0 Å². The van der Waals surface area contributed by atoms with E-state index >= 15 is 0 Å². The van der Waals surface area contributed by atoms with Crippen LogP contribution in [0.2, 0.25) is 0 Å². The fourth-order valence-corrected chi connectivity index (χ4v) is 5.49. The van der Waals surface area contributed by atoms with Crippen LogP contribution in [0.25, 0.3) is 22.6 Å². The summed E-state index contributed by atoms with van der Waals surface area (Å²) in [7, 11) is 0. The van der Waals surface area contributed by atoms with Crippen molar-refractivity contribution in [2.24, 2.45) is 0 Å². The lowest BCUT2D eigenvalue weighted by Crippen LogP contribution is -2.30. The molecule has 2 amide bonds. The Bertz CT molecular complexity index is 1480. The molecule has 0 unspecified atom stereocenters. The number of nitrogens with zero attached hydrogens (tertiary/aromatic N) is 3. The lowest BCUT2D eigenvalue weighted by Gasteiger charge is -2.16. The van der Waals surface area contributed by atoms with Gasteiger partial charge in [0.25, 0.3) is 5.91 Å². The van der Waals surface area contributed by atoms with Crippen molar-refractivity contribution in [2.75, 3.05) is 18.0 Å². The molecule has 0 saturated carbocycles. The summed E-state index contributed by atoms with van der Waals surface area (Å²) in [5, 5.41) is 1.00. The highest BCUT2D eigenvalue weighted by molar-refractivity contribution is 9.10. The zero-order valence-corrected chi connectivity index (χ0v) is 20.7. The summed E-state index contributed by atoms with van der Waals surface area (Å²) < 4.78 is 2.96. The van der Waals surface area contributed by atoms with Crippen molar-refractivity contribution in [2.45, 2.75) is 19.4 Å². The summed E-state index contributed by atoms with van der Waals surface area (Å²) in [6.45, 7) is 1.96. The van der Waals surface area contributed by atoms with E-state index in [1.165, 1.54) is 0 Å². The standard InChI is InChI=1S/C29H24BrN3O2/c30-21-12-13-26-24(17-21)20(18-32(26)19-28(34)31-14-6-7-15-31)16-25-23-10-4-5-11-27(23)33(29(25)35)22-8-2-1-3-9-22/h1-5,8-13,16-18H,6-7,14-15,19H2/b25-16+. The molecule has 6 heteroatoms. The maximum atomic E-state index is 13.7. The van der Waals surface area contributed by atoms with Gasteiger partial charge in [-0.25, -0.2) is 0 Å². The van der Waals surface area contributed by atoms with Crippen molar-refractivity contribution in [3.63, 3.8) is 0 Å². The predicted octanol–water partition coefficient (Wildman–Crippen LogP) is 6.25. The monoisotopic (exact) mass is 525 g/mol. The van der Waals surface area contributed by atoms with E-state index < -0.39 is 0 Å². The third-order valence-electron chi connectivity index (χ3n) is 6.82. The van der Waals surface area contributed by atoms with Gasteiger partial charge in [-0.05, 0) is 55.3 Å². The number of benzene rings is 3. The lowest BCUT2D eigenvalue weighted by atomic mass is 10.0. The Morgan fingerprint density at radius 3 is 2.49 bits per heavy atom. The number of carbonyl (C=O) groups excluding carboxylic acids is 2. The molecule has 3 heterocycles. The van der Waals surface area contributed by atoms with Crippen LogP contribution >= 0.6 is 15.9 Å². The highest BCUT2D eigenvalue weighted by atomic mass is 79.9. The van der Waals surface area contributed by atoms with Crippen molar-refractivity contribution in [3.8, 4) is 0 Å². The molecular formula is C29H24BrN3O2. The quantitative estimate of drug-likeness (QED) is 0.296. The van der Waals surface area contributed by atoms with Gasteiger partial charge in [0.05, 0.1) is 11.3 Å². The molecular weight excluding hydrogens is 502 g/mol. The second kappa shape index (κ2) is 8.86. The first-order chi connectivity index (χ1) is 17.1. The third kappa shape index (κ3) is 3.88. The minimum absolute atomic E-state index is 0.0542. The normalized spacial score (nSPS) is 16.5. The van der Waals surface area contributed by atoms with Crippen LogP contribution in [0.4, 0.5) is 11.4 Å². The van der Waals surface area contributed by atoms with Crippen LogP contribution in [0.3, 0.4) is 0 Å². The number of hydrogen-bond donors (Lipinski definition) is 0. The van der Waals surface area contributed by atoms with Gasteiger partial charge < -0.3 is 9.47 Å². The van der Waals surface area contributed by atoms with Crippen molar-refractivity contribution in [1.82, 2.24) is 9.47 Å². The molecule has 0 spiro atoms. The largest absolute Gasteiger partial charge is 0.341 e. The molecule has 5 nitrogen and oxygen atoms in total. The van der Waals surface area contributed by atoms with Gasteiger partial charge in [-0.15, -0.1) is 0 Å². The smallest absolute Gasteiger partial charge is 0.263 e. The number of amides is 2. The summed E-state index contributed by atoms with van der Waals surface area (Å²) in [6, 6.07) is 23.7.